The van der Waals surface area contributed by atoms with Gasteiger partial charge in [-0.3, -0.25) is 38.4 Å². The number of aromatic nitrogens is 1. The van der Waals surface area contributed by atoms with Crippen molar-refractivity contribution in [2.75, 3.05) is 13.2 Å². The van der Waals surface area contributed by atoms with Crippen molar-refractivity contribution in [3.8, 4) is 5.75 Å². The van der Waals surface area contributed by atoms with Crippen molar-refractivity contribution < 1.29 is 53.7 Å². The van der Waals surface area contributed by atoms with E-state index in [1.54, 1.807) is 38.2 Å². The van der Waals surface area contributed by atoms with Gasteiger partial charge in [0.15, 0.2) is 0 Å². The number of nitrogens with two attached hydrogens (primary N) is 3. The molecule has 22 heteroatoms. The molecule has 0 aliphatic carbocycles. The average Bonchev–Trinajstić information content (AvgIpc) is 3.86. The van der Waals surface area contributed by atoms with E-state index in [9.17, 15) is 53.7 Å². The Labute approximate surface area is 458 Å². The fraction of sp³-hybridized carbons (Fsp3) is 0.500. The van der Waals surface area contributed by atoms with E-state index in [0.29, 0.717) is 24.0 Å². The summed E-state index contributed by atoms with van der Waals surface area (Å²) in [7, 11) is 0. The maximum atomic E-state index is 14.6. The van der Waals surface area contributed by atoms with Crippen LogP contribution in [0, 0.1) is 0 Å². The van der Waals surface area contributed by atoms with Gasteiger partial charge in [-0.15, -0.1) is 0 Å². The van der Waals surface area contributed by atoms with Crippen molar-refractivity contribution in [3.05, 3.63) is 102 Å². The number of amides is 8. The third-order valence-electron chi connectivity index (χ3n) is 11.9. The number of carbonyl (C=O) groups excluding carboxylic acids is 8. The lowest BCUT2D eigenvalue weighted by atomic mass is 10.0. The van der Waals surface area contributed by atoms with E-state index in [0.717, 1.165) is 16.5 Å². The minimum absolute atomic E-state index is 0.00457. The molecule has 1 heterocycles. The number of H-pyrrole nitrogens is 1. The number of fused-ring (bicyclic) bond motifs is 1. The van der Waals surface area contributed by atoms with Gasteiger partial charge in [-0.2, -0.15) is 0 Å². The molecule has 78 heavy (non-hydrogen) atoms. The highest BCUT2D eigenvalue weighted by molar-refractivity contribution is 5.98. The van der Waals surface area contributed by atoms with Crippen LogP contribution in [0.1, 0.15) is 111 Å². The second-order valence-corrected chi connectivity index (χ2v) is 17.5. The first-order chi connectivity index (χ1) is 37.4. The monoisotopic (exact) mass is 1090 g/mol. The molecule has 22 nitrogen and oxygen atoms in total. The number of phenolic OH excluding ortho intramolecular Hbond substituents is 1. The summed E-state index contributed by atoms with van der Waals surface area (Å²) in [5.41, 5.74) is 20.0. The lowest BCUT2D eigenvalue weighted by Crippen LogP contribution is -2.61. The van der Waals surface area contributed by atoms with Crippen LogP contribution in [-0.4, -0.2) is 135 Å². The molecule has 0 saturated carbocycles. The molecule has 0 spiro atoms. The van der Waals surface area contributed by atoms with E-state index in [2.05, 4.69) is 42.2 Å². The van der Waals surface area contributed by atoms with Gasteiger partial charge in [-0.1, -0.05) is 116 Å². The molecule has 9 atom stereocenters. The zero-order valence-electron chi connectivity index (χ0n) is 46.7. The Bertz CT molecular complexity index is 2450. The molecule has 432 valence electrons. The van der Waals surface area contributed by atoms with Crippen LogP contribution < -0.4 is 54.4 Å². The third kappa shape index (κ3) is 22.7. The summed E-state index contributed by atoms with van der Waals surface area (Å²) in [5, 5.41) is 48.9. The van der Waals surface area contributed by atoms with Crippen LogP contribution in [0.4, 0.5) is 0 Å². The van der Waals surface area contributed by atoms with Gasteiger partial charge in [0.1, 0.15) is 48.0 Å². The number of hydrogen-bond acceptors (Lipinski definition) is 13. The number of aliphatic hydroxyl groups excluding tert-OH is 2. The van der Waals surface area contributed by atoms with Crippen LogP contribution in [0.15, 0.2) is 85.1 Å². The smallest absolute Gasteiger partial charge is 0.245 e. The normalized spacial score (nSPS) is 14.0. The van der Waals surface area contributed by atoms with Gasteiger partial charge in [-0.05, 0) is 86.9 Å². The number of carbonyl (C=O) groups is 8. The summed E-state index contributed by atoms with van der Waals surface area (Å²) in [4.78, 5) is 112. The van der Waals surface area contributed by atoms with Crippen molar-refractivity contribution in [3.63, 3.8) is 0 Å². The van der Waals surface area contributed by atoms with Crippen molar-refractivity contribution in [2.45, 2.75) is 168 Å². The molecule has 0 aliphatic heterocycles. The van der Waals surface area contributed by atoms with Crippen LogP contribution >= 0.6 is 0 Å². The molecule has 0 radical (unpaired) electrons. The van der Waals surface area contributed by atoms with Gasteiger partial charge < -0.3 is 74.7 Å². The van der Waals surface area contributed by atoms with Crippen molar-refractivity contribution >= 4 is 58.2 Å². The van der Waals surface area contributed by atoms with Gasteiger partial charge in [-0.25, -0.2) is 0 Å². The first kappa shape index (κ1) is 68.6. The SMILES string of the molecule is CC.CC.CC.CCC(NC(=O)C(N)Cc1ccccc1)C(=O)NC(Cc1ccc(O)cc1)C(=O)NC(Cc1c[nH]c2ccccc12)C(=O)NC(CCCCN)C(=O)NC(CO)C(=O)NC(CC)C(=O)NC(C(N)=O)C(C)O. The first-order valence-electron chi connectivity index (χ1n) is 26.9. The number of aliphatic hydroxyl groups is 2. The van der Waals surface area contributed by atoms with Crippen molar-refractivity contribution in [1.82, 2.24) is 42.2 Å². The summed E-state index contributed by atoms with van der Waals surface area (Å²) in [6, 6.07) is 11.6. The van der Waals surface area contributed by atoms with Crippen molar-refractivity contribution in [1.29, 1.82) is 0 Å². The standard InChI is InChI=1S/C50H69N11O11.3C2H6/c1-4-35(55-44(66)34(52)23-29-13-7-6-8-14-29)45(67)58-39(24-30-18-20-32(64)21-19-30)48(70)59-40(25-31-26-54-37-16-10-9-15-33(31)37)49(71)57-38(17-11-12-22-51)47(69)60-41(27-62)50(72)56-36(5-2)46(68)61-42(28(3)63)43(53)65;3*1-2/h6-10,13-16,18-21,26,28,34-36,38-42,54,62-64H,4-5,11-12,17,22-25,27,51-52H2,1-3H3,(H2,53,65)(H,55,66)(H,56,72)(H,57,71)(H,58,67)(H,59,70)(H,60,69)(H,61,68);3*1-2H3. The Morgan fingerprint density at radius 2 is 1.00 bits per heavy atom. The number of nitrogens with one attached hydrogen (secondary N) is 8. The first-order valence-corrected chi connectivity index (χ1v) is 26.9. The van der Waals surface area contributed by atoms with E-state index < -0.39 is 108 Å². The van der Waals surface area contributed by atoms with Gasteiger partial charge >= 0.3 is 0 Å². The van der Waals surface area contributed by atoms with Crippen LogP contribution in [0.5, 0.6) is 5.75 Å². The number of aromatic amines is 1. The molecule has 4 aromatic rings. The fourth-order valence-electron chi connectivity index (χ4n) is 7.75. The van der Waals surface area contributed by atoms with E-state index >= 15 is 0 Å². The van der Waals surface area contributed by atoms with Crippen LogP contribution in [0.3, 0.4) is 0 Å². The summed E-state index contributed by atoms with van der Waals surface area (Å²) in [6.07, 6.45) is 1.13. The van der Waals surface area contributed by atoms with E-state index in [1.165, 1.54) is 19.1 Å². The molecule has 3 aromatic carbocycles. The number of aromatic hydroxyl groups is 1. The molecule has 0 saturated heterocycles. The van der Waals surface area contributed by atoms with Crippen molar-refractivity contribution in [2.24, 2.45) is 17.2 Å². The summed E-state index contributed by atoms with van der Waals surface area (Å²) >= 11 is 0. The highest BCUT2D eigenvalue weighted by Crippen LogP contribution is 2.20. The third-order valence-corrected chi connectivity index (χ3v) is 11.9. The molecule has 8 amide bonds. The topological polar surface area (TPSA) is 375 Å². The largest absolute Gasteiger partial charge is 0.508 e. The lowest BCUT2D eigenvalue weighted by Gasteiger charge is -2.28. The maximum absolute atomic E-state index is 14.6. The highest BCUT2D eigenvalue weighted by Gasteiger charge is 2.35. The minimum atomic E-state index is -1.64. The van der Waals surface area contributed by atoms with E-state index in [1.807, 2.05) is 90.1 Å². The number of primary amides is 1. The molecule has 0 bridgehead atoms. The van der Waals surface area contributed by atoms with E-state index in [-0.39, 0.29) is 50.8 Å². The van der Waals surface area contributed by atoms with Gasteiger partial charge in [0, 0.05) is 29.9 Å². The summed E-state index contributed by atoms with van der Waals surface area (Å²) < 4.78 is 0. The molecule has 17 N–H and O–H groups in total. The Morgan fingerprint density at radius 1 is 0.551 bits per heavy atom. The quantitative estimate of drug-likeness (QED) is 0.0344. The van der Waals surface area contributed by atoms with Crippen LogP contribution in [-0.2, 0) is 57.6 Å². The second kappa shape index (κ2) is 37.4. The predicted octanol–water partition coefficient (Wildman–Crippen LogP) is 1.51. The van der Waals surface area contributed by atoms with Crippen LogP contribution in [0.2, 0.25) is 0 Å². The number of benzene rings is 3. The van der Waals surface area contributed by atoms with Crippen LogP contribution in [0.25, 0.3) is 10.9 Å². The zero-order valence-corrected chi connectivity index (χ0v) is 46.7. The second-order valence-electron chi connectivity index (χ2n) is 17.5. The number of phenols is 1. The number of hydrogen-bond donors (Lipinski definition) is 14. The zero-order chi connectivity index (χ0) is 58.9. The minimum Gasteiger partial charge on any atom is -0.508 e. The molecule has 0 fully saturated rings. The molecular formula is C56H87N11O11. The lowest BCUT2D eigenvalue weighted by molar-refractivity contribution is -0.136. The Morgan fingerprint density at radius 3 is 1.54 bits per heavy atom. The summed E-state index contributed by atoms with van der Waals surface area (Å²) in [5.74, 6) is -6.77. The Kier molecular flexibility index (Phi) is 32.9. The number of rotatable bonds is 29. The predicted molar refractivity (Wildman–Crippen MR) is 301 cm³/mol. The summed E-state index contributed by atoms with van der Waals surface area (Å²) in [6.45, 7) is 15.8. The fourth-order valence-corrected chi connectivity index (χ4v) is 7.75. The number of para-hydroxylation sites is 1. The number of unbranched alkanes of at least 4 members (excludes halogenated alkanes) is 1. The molecule has 1 aromatic heterocycles. The highest BCUT2D eigenvalue weighted by atomic mass is 16.3. The molecule has 9 unspecified atom stereocenters. The van der Waals surface area contributed by atoms with Gasteiger partial charge in [0.05, 0.1) is 18.8 Å². The molecular weight excluding hydrogens is 1000 g/mol. The van der Waals surface area contributed by atoms with Gasteiger partial charge in [0.25, 0.3) is 0 Å². The molecule has 0 aliphatic rings. The Balaban J connectivity index is 0.00000489. The maximum Gasteiger partial charge on any atom is 0.245 e. The van der Waals surface area contributed by atoms with E-state index in [4.69, 9.17) is 17.2 Å². The van der Waals surface area contributed by atoms with Gasteiger partial charge in [0.2, 0.25) is 47.3 Å². The Hall–Kier alpha value is -7.40. The molecule has 4 rings (SSSR count). The average molecular weight is 1090 g/mol.